The van der Waals surface area contributed by atoms with Crippen molar-refractivity contribution in [2.75, 3.05) is 0 Å². The predicted molar refractivity (Wildman–Crippen MR) is 74.1 cm³/mol. The van der Waals surface area contributed by atoms with Crippen molar-refractivity contribution in [2.45, 2.75) is 63.3 Å². The largest absolute Gasteiger partial charge is 0.325 e. The van der Waals surface area contributed by atoms with Crippen LogP contribution in [-0.2, 0) is 0 Å². The first-order chi connectivity index (χ1) is 8.26. The highest BCUT2D eigenvalue weighted by molar-refractivity contribution is 5.24. The summed E-state index contributed by atoms with van der Waals surface area (Å²) in [6, 6.07) is 10.9. The molecule has 0 radical (unpaired) electrons. The Hall–Kier alpha value is -0.820. The Morgan fingerprint density at radius 1 is 1.24 bits per heavy atom. The molecule has 0 bridgehead atoms. The summed E-state index contributed by atoms with van der Waals surface area (Å²) < 4.78 is 0. The van der Waals surface area contributed by atoms with Gasteiger partial charge in [0, 0.05) is 11.5 Å². The lowest BCUT2D eigenvalue weighted by Gasteiger charge is -2.42. The van der Waals surface area contributed by atoms with Gasteiger partial charge in [-0.2, -0.15) is 0 Å². The Kier molecular flexibility index (Phi) is 4.22. The summed E-state index contributed by atoms with van der Waals surface area (Å²) in [6.45, 7) is 2.25. The van der Waals surface area contributed by atoms with Crippen molar-refractivity contribution in [3.63, 3.8) is 0 Å². The lowest BCUT2D eigenvalue weighted by Crippen LogP contribution is -2.47. The molecule has 1 fully saturated rings. The molecule has 2 atom stereocenters. The van der Waals surface area contributed by atoms with Crippen molar-refractivity contribution in [3.8, 4) is 0 Å². The van der Waals surface area contributed by atoms with Gasteiger partial charge in [0.25, 0.3) is 0 Å². The summed E-state index contributed by atoms with van der Waals surface area (Å²) in [5.74, 6) is 0.573. The second kappa shape index (κ2) is 5.68. The van der Waals surface area contributed by atoms with E-state index in [4.69, 9.17) is 5.73 Å². The smallest absolute Gasteiger partial charge is 0.0223 e. The summed E-state index contributed by atoms with van der Waals surface area (Å²) in [6.07, 6.45) is 8.81. The van der Waals surface area contributed by atoms with Crippen molar-refractivity contribution in [2.24, 2.45) is 5.73 Å². The summed E-state index contributed by atoms with van der Waals surface area (Å²) in [5, 5.41) is 0. The van der Waals surface area contributed by atoms with E-state index in [-0.39, 0.29) is 5.54 Å². The minimum absolute atomic E-state index is 0.0512. The molecule has 2 rings (SSSR count). The molecule has 2 unspecified atom stereocenters. The zero-order chi connectivity index (χ0) is 12.1. The van der Waals surface area contributed by atoms with E-state index in [9.17, 15) is 0 Å². The van der Waals surface area contributed by atoms with E-state index in [0.717, 1.165) is 0 Å². The molecule has 2 N–H and O–H groups in total. The fourth-order valence-corrected chi connectivity index (χ4v) is 3.25. The average molecular weight is 231 g/mol. The van der Waals surface area contributed by atoms with Crippen LogP contribution in [0.15, 0.2) is 30.3 Å². The Bertz CT molecular complexity index is 333. The number of rotatable bonds is 4. The van der Waals surface area contributed by atoms with Gasteiger partial charge in [-0.15, -0.1) is 0 Å². The molecule has 1 heteroatoms. The average Bonchev–Trinajstić information content (AvgIpc) is 2.38. The number of hydrogen-bond donors (Lipinski definition) is 1. The van der Waals surface area contributed by atoms with Gasteiger partial charge in [0.1, 0.15) is 0 Å². The highest BCUT2D eigenvalue weighted by atomic mass is 14.8. The third-order valence-electron chi connectivity index (χ3n) is 4.28. The maximum Gasteiger partial charge on any atom is 0.0223 e. The molecular weight excluding hydrogens is 206 g/mol. The molecule has 0 aliphatic heterocycles. The van der Waals surface area contributed by atoms with Gasteiger partial charge in [0.05, 0.1) is 0 Å². The number of benzene rings is 1. The second-order valence-corrected chi connectivity index (χ2v) is 5.55. The topological polar surface area (TPSA) is 26.0 Å². The Morgan fingerprint density at radius 2 is 2.00 bits per heavy atom. The van der Waals surface area contributed by atoms with Gasteiger partial charge in [-0.1, -0.05) is 62.9 Å². The van der Waals surface area contributed by atoms with Gasteiger partial charge in [0.15, 0.2) is 0 Å². The molecule has 1 aliphatic rings. The normalized spacial score (nSPS) is 29.2. The molecule has 0 aromatic heterocycles. The van der Waals surface area contributed by atoms with Gasteiger partial charge in [-0.05, 0) is 24.8 Å². The number of unbranched alkanes of at least 4 members (excludes halogenated alkanes) is 1. The highest BCUT2D eigenvalue weighted by Crippen LogP contribution is 2.41. The van der Waals surface area contributed by atoms with Crippen molar-refractivity contribution in [1.29, 1.82) is 0 Å². The van der Waals surface area contributed by atoms with E-state index < -0.39 is 0 Å². The van der Waals surface area contributed by atoms with Crippen molar-refractivity contribution < 1.29 is 0 Å². The van der Waals surface area contributed by atoms with Crippen LogP contribution in [0.5, 0.6) is 0 Å². The van der Waals surface area contributed by atoms with Crippen LogP contribution in [0, 0.1) is 0 Å². The minimum atomic E-state index is 0.0512. The van der Waals surface area contributed by atoms with Crippen molar-refractivity contribution >= 4 is 0 Å². The molecule has 1 aliphatic carbocycles. The van der Waals surface area contributed by atoms with Crippen LogP contribution in [0.4, 0.5) is 0 Å². The molecule has 1 aromatic carbocycles. The highest BCUT2D eigenvalue weighted by Gasteiger charge is 2.37. The Morgan fingerprint density at radius 3 is 2.71 bits per heavy atom. The molecule has 0 spiro atoms. The van der Waals surface area contributed by atoms with Gasteiger partial charge >= 0.3 is 0 Å². The molecular formula is C16H25N. The first-order valence-electron chi connectivity index (χ1n) is 7.10. The summed E-state index contributed by atoms with van der Waals surface area (Å²) in [7, 11) is 0. The van der Waals surface area contributed by atoms with Crippen LogP contribution < -0.4 is 5.73 Å². The maximum absolute atomic E-state index is 6.72. The molecule has 0 amide bonds. The van der Waals surface area contributed by atoms with Crippen LogP contribution in [0.25, 0.3) is 0 Å². The van der Waals surface area contributed by atoms with Crippen molar-refractivity contribution in [3.05, 3.63) is 35.9 Å². The SMILES string of the molecule is CCCCC1(N)CCCCC1c1ccccc1. The van der Waals surface area contributed by atoms with E-state index in [0.29, 0.717) is 5.92 Å². The minimum Gasteiger partial charge on any atom is -0.325 e. The second-order valence-electron chi connectivity index (χ2n) is 5.55. The molecule has 1 saturated carbocycles. The Labute approximate surface area is 105 Å². The van der Waals surface area contributed by atoms with Gasteiger partial charge < -0.3 is 5.73 Å². The van der Waals surface area contributed by atoms with Crippen LogP contribution in [0.1, 0.15) is 63.4 Å². The molecule has 1 aromatic rings. The van der Waals surface area contributed by atoms with E-state index in [2.05, 4.69) is 37.3 Å². The number of nitrogens with two attached hydrogens (primary N) is 1. The van der Waals surface area contributed by atoms with E-state index >= 15 is 0 Å². The fourth-order valence-electron chi connectivity index (χ4n) is 3.25. The zero-order valence-corrected chi connectivity index (χ0v) is 11.0. The molecule has 0 saturated heterocycles. The number of hydrogen-bond acceptors (Lipinski definition) is 1. The molecule has 17 heavy (non-hydrogen) atoms. The standard InChI is InChI=1S/C16H25N/c1-2-3-12-16(17)13-8-7-11-15(16)14-9-5-4-6-10-14/h4-6,9-10,15H,2-3,7-8,11-13,17H2,1H3. The lowest BCUT2D eigenvalue weighted by atomic mass is 9.68. The quantitative estimate of drug-likeness (QED) is 0.824. The van der Waals surface area contributed by atoms with Gasteiger partial charge in [0.2, 0.25) is 0 Å². The van der Waals surface area contributed by atoms with Gasteiger partial charge in [-0.25, -0.2) is 0 Å². The zero-order valence-electron chi connectivity index (χ0n) is 11.0. The first-order valence-corrected chi connectivity index (χ1v) is 7.10. The van der Waals surface area contributed by atoms with Crippen LogP contribution in [-0.4, -0.2) is 5.54 Å². The van der Waals surface area contributed by atoms with Crippen LogP contribution in [0.2, 0.25) is 0 Å². The summed E-state index contributed by atoms with van der Waals surface area (Å²) in [5.41, 5.74) is 8.22. The van der Waals surface area contributed by atoms with Crippen molar-refractivity contribution in [1.82, 2.24) is 0 Å². The van der Waals surface area contributed by atoms with Gasteiger partial charge in [-0.3, -0.25) is 0 Å². The monoisotopic (exact) mass is 231 g/mol. The van der Waals surface area contributed by atoms with E-state index in [1.807, 2.05) is 0 Å². The van der Waals surface area contributed by atoms with Crippen LogP contribution >= 0.6 is 0 Å². The maximum atomic E-state index is 6.72. The van der Waals surface area contributed by atoms with E-state index in [1.165, 1.54) is 50.5 Å². The third kappa shape index (κ3) is 2.90. The first kappa shape index (κ1) is 12.6. The lowest BCUT2D eigenvalue weighted by molar-refractivity contribution is 0.230. The third-order valence-corrected chi connectivity index (χ3v) is 4.28. The fraction of sp³-hybridized carbons (Fsp3) is 0.625. The molecule has 94 valence electrons. The molecule has 0 heterocycles. The predicted octanol–water partition coefficient (Wildman–Crippen LogP) is 4.23. The summed E-state index contributed by atoms with van der Waals surface area (Å²) in [4.78, 5) is 0. The summed E-state index contributed by atoms with van der Waals surface area (Å²) >= 11 is 0. The molecule has 1 nitrogen and oxygen atoms in total. The van der Waals surface area contributed by atoms with E-state index in [1.54, 1.807) is 0 Å². The Balaban J connectivity index is 2.17. The van der Waals surface area contributed by atoms with Crippen LogP contribution in [0.3, 0.4) is 0 Å².